The molecule has 104 valence electrons. The van der Waals surface area contributed by atoms with Crippen LogP contribution < -0.4 is 4.74 Å². The highest BCUT2D eigenvalue weighted by Gasteiger charge is 2.07. The summed E-state index contributed by atoms with van der Waals surface area (Å²) in [6, 6.07) is 18.9. The summed E-state index contributed by atoms with van der Waals surface area (Å²) in [5.41, 5.74) is 2.18. The largest absolute Gasteiger partial charge is 0.457 e. The lowest BCUT2D eigenvalue weighted by molar-refractivity contribution is 0.101. The highest BCUT2D eigenvalue weighted by atomic mass is 16.5. The average Bonchev–Trinajstić information content (AvgIpc) is 2.99. The van der Waals surface area contributed by atoms with Gasteiger partial charge in [-0.05, 0) is 42.5 Å². The van der Waals surface area contributed by atoms with Crippen molar-refractivity contribution >= 4 is 5.78 Å². The van der Waals surface area contributed by atoms with Crippen LogP contribution in [-0.2, 0) is 0 Å². The fourth-order valence-electron chi connectivity index (χ4n) is 1.97. The molecule has 1 aromatic heterocycles. The molecule has 21 heavy (non-hydrogen) atoms. The SMILES string of the molecule is CC(=O)c1cc(-c2ccc(Oc3ccccc3)cc2)n[nH]1. The second-order valence-corrected chi connectivity index (χ2v) is 4.66. The van der Waals surface area contributed by atoms with Gasteiger partial charge in [-0.25, -0.2) is 0 Å². The van der Waals surface area contributed by atoms with Gasteiger partial charge in [-0.15, -0.1) is 0 Å². The predicted octanol–water partition coefficient (Wildman–Crippen LogP) is 4.07. The van der Waals surface area contributed by atoms with Gasteiger partial charge in [-0.2, -0.15) is 5.10 Å². The minimum Gasteiger partial charge on any atom is -0.457 e. The molecule has 0 aliphatic heterocycles. The lowest BCUT2D eigenvalue weighted by Crippen LogP contribution is -1.90. The first-order valence-electron chi connectivity index (χ1n) is 6.62. The van der Waals surface area contributed by atoms with Crippen molar-refractivity contribution in [3.63, 3.8) is 0 Å². The molecule has 0 fully saturated rings. The summed E-state index contributed by atoms with van der Waals surface area (Å²) in [6.07, 6.45) is 0. The van der Waals surface area contributed by atoms with Crippen LogP contribution in [0.25, 0.3) is 11.3 Å². The molecule has 0 aliphatic rings. The maximum Gasteiger partial charge on any atom is 0.177 e. The zero-order chi connectivity index (χ0) is 14.7. The Morgan fingerprint density at radius 2 is 1.67 bits per heavy atom. The lowest BCUT2D eigenvalue weighted by atomic mass is 10.1. The van der Waals surface area contributed by atoms with Gasteiger partial charge < -0.3 is 4.74 Å². The molecule has 0 amide bonds. The topological polar surface area (TPSA) is 55.0 Å². The Hall–Kier alpha value is -2.88. The Morgan fingerprint density at radius 3 is 2.29 bits per heavy atom. The van der Waals surface area contributed by atoms with Crippen LogP contribution in [0.4, 0.5) is 0 Å². The minimum absolute atomic E-state index is 0.0298. The van der Waals surface area contributed by atoms with Gasteiger partial charge in [0.1, 0.15) is 17.2 Å². The van der Waals surface area contributed by atoms with E-state index >= 15 is 0 Å². The third-order valence-electron chi connectivity index (χ3n) is 3.09. The van der Waals surface area contributed by atoms with E-state index in [9.17, 15) is 4.79 Å². The average molecular weight is 278 g/mol. The minimum atomic E-state index is -0.0298. The number of aromatic amines is 1. The number of ketones is 1. The van der Waals surface area contributed by atoms with Crippen molar-refractivity contribution in [3.05, 3.63) is 66.4 Å². The number of hydrogen-bond donors (Lipinski definition) is 1. The van der Waals surface area contributed by atoms with Crippen LogP contribution in [0, 0.1) is 0 Å². The van der Waals surface area contributed by atoms with Crippen LogP contribution in [0.5, 0.6) is 11.5 Å². The molecule has 0 unspecified atom stereocenters. The summed E-state index contributed by atoms with van der Waals surface area (Å²) >= 11 is 0. The van der Waals surface area contributed by atoms with Gasteiger partial charge >= 0.3 is 0 Å². The van der Waals surface area contributed by atoms with E-state index in [1.807, 2.05) is 54.6 Å². The number of Topliss-reactive ketones (excluding diaryl/α,β-unsaturated/α-hetero) is 1. The summed E-state index contributed by atoms with van der Waals surface area (Å²) in [5.74, 6) is 1.52. The normalized spacial score (nSPS) is 10.3. The third kappa shape index (κ3) is 3.00. The van der Waals surface area contributed by atoms with Crippen LogP contribution in [0.15, 0.2) is 60.7 Å². The van der Waals surface area contributed by atoms with Crippen LogP contribution in [0.1, 0.15) is 17.4 Å². The van der Waals surface area contributed by atoms with Crippen molar-refractivity contribution in [2.45, 2.75) is 6.92 Å². The van der Waals surface area contributed by atoms with E-state index in [4.69, 9.17) is 4.74 Å². The van der Waals surface area contributed by atoms with Gasteiger partial charge in [0.25, 0.3) is 0 Å². The number of hydrogen-bond acceptors (Lipinski definition) is 3. The van der Waals surface area contributed by atoms with Crippen LogP contribution in [0.2, 0.25) is 0 Å². The van der Waals surface area contributed by atoms with Crippen molar-refractivity contribution < 1.29 is 9.53 Å². The number of H-pyrrole nitrogens is 1. The fraction of sp³-hybridized carbons (Fsp3) is 0.0588. The second kappa shape index (κ2) is 5.63. The number of carbonyl (C=O) groups is 1. The van der Waals surface area contributed by atoms with E-state index in [-0.39, 0.29) is 5.78 Å². The zero-order valence-corrected chi connectivity index (χ0v) is 11.5. The van der Waals surface area contributed by atoms with Crippen LogP contribution >= 0.6 is 0 Å². The first kappa shape index (κ1) is 13.1. The molecule has 3 rings (SSSR count). The van der Waals surface area contributed by atoms with Gasteiger partial charge in [0.05, 0.1) is 5.69 Å². The van der Waals surface area contributed by atoms with Crippen LogP contribution in [0.3, 0.4) is 0 Å². The molecule has 4 heteroatoms. The smallest absolute Gasteiger partial charge is 0.177 e. The summed E-state index contributed by atoms with van der Waals surface area (Å²) in [6.45, 7) is 1.51. The van der Waals surface area contributed by atoms with E-state index in [2.05, 4.69) is 10.2 Å². The molecule has 1 N–H and O–H groups in total. The van der Waals surface area contributed by atoms with Gasteiger partial charge in [-0.1, -0.05) is 18.2 Å². The molecule has 0 bridgehead atoms. The number of nitrogens with one attached hydrogen (secondary N) is 1. The number of ether oxygens (including phenoxy) is 1. The first-order valence-corrected chi connectivity index (χ1v) is 6.62. The number of carbonyl (C=O) groups excluding carboxylic acids is 1. The molecule has 1 heterocycles. The Balaban J connectivity index is 1.78. The molecule has 0 radical (unpaired) electrons. The Labute approximate surface area is 122 Å². The van der Waals surface area contributed by atoms with Crippen molar-refractivity contribution in [2.24, 2.45) is 0 Å². The van der Waals surface area contributed by atoms with Gasteiger partial charge in [-0.3, -0.25) is 9.89 Å². The molecule has 3 aromatic rings. The molecule has 0 aliphatic carbocycles. The molecular weight excluding hydrogens is 264 g/mol. The fourth-order valence-corrected chi connectivity index (χ4v) is 1.97. The Kier molecular flexibility index (Phi) is 3.51. The lowest BCUT2D eigenvalue weighted by Gasteiger charge is -2.05. The van der Waals surface area contributed by atoms with Gasteiger partial charge in [0.15, 0.2) is 5.78 Å². The Morgan fingerprint density at radius 1 is 1.00 bits per heavy atom. The van der Waals surface area contributed by atoms with E-state index < -0.39 is 0 Å². The summed E-state index contributed by atoms with van der Waals surface area (Å²) < 4.78 is 5.73. The highest BCUT2D eigenvalue weighted by molar-refractivity contribution is 5.93. The van der Waals surface area contributed by atoms with Gasteiger partial charge in [0.2, 0.25) is 0 Å². The number of aromatic nitrogens is 2. The quantitative estimate of drug-likeness (QED) is 0.732. The molecule has 0 saturated carbocycles. The maximum atomic E-state index is 11.3. The van der Waals surface area contributed by atoms with E-state index in [0.717, 1.165) is 22.8 Å². The number of benzene rings is 2. The maximum absolute atomic E-state index is 11.3. The highest BCUT2D eigenvalue weighted by Crippen LogP contribution is 2.25. The molecule has 0 spiro atoms. The number of rotatable bonds is 4. The molecule has 2 aromatic carbocycles. The number of para-hydroxylation sites is 1. The van der Waals surface area contributed by atoms with Crippen molar-refractivity contribution in [1.29, 1.82) is 0 Å². The predicted molar refractivity (Wildman–Crippen MR) is 80.5 cm³/mol. The zero-order valence-electron chi connectivity index (χ0n) is 11.5. The molecule has 4 nitrogen and oxygen atoms in total. The summed E-state index contributed by atoms with van der Waals surface area (Å²) in [7, 11) is 0. The third-order valence-corrected chi connectivity index (χ3v) is 3.09. The van der Waals surface area contributed by atoms with Crippen molar-refractivity contribution in [2.75, 3.05) is 0 Å². The van der Waals surface area contributed by atoms with Crippen molar-refractivity contribution in [1.82, 2.24) is 10.2 Å². The second-order valence-electron chi connectivity index (χ2n) is 4.66. The standard InChI is InChI=1S/C17H14N2O2/c1-12(20)16-11-17(19-18-16)13-7-9-15(10-8-13)21-14-5-3-2-4-6-14/h2-11H,1H3,(H,18,19). The number of nitrogens with zero attached hydrogens (tertiary/aromatic N) is 1. The summed E-state index contributed by atoms with van der Waals surface area (Å²) in [5, 5.41) is 6.86. The van der Waals surface area contributed by atoms with Gasteiger partial charge in [0, 0.05) is 12.5 Å². The van der Waals surface area contributed by atoms with E-state index in [0.29, 0.717) is 5.69 Å². The summed E-state index contributed by atoms with van der Waals surface area (Å²) in [4.78, 5) is 11.3. The van der Waals surface area contributed by atoms with Crippen LogP contribution in [-0.4, -0.2) is 16.0 Å². The molecule has 0 saturated heterocycles. The molecule has 0 atom stereocenters. The van der Waals surface area contributed by atoms with E-state index in [1.54, 1.807) is 6.07 Å². The van der Waals surface area contributed by atoms with Crippen molar-refractivity contribution in [3.8, 4) is 22.8 Å². The monoisotopic (exact) mass is 278 g/mol. The Bertz CT molecular complexity index is 746. The molecular formula is C17H14N2O2. The van der Waals surface area contributed by atoms with E-state index in [1.165, 1.54) is 6.92 Å². The first-order chi connectivity index (χ1) is 10.2.